The van der Waals surface area contributed by atoms with Gasteiger partial charge in [-0.25, -0.2) is 8.42 Å². The number of fused-ring (bicyclic) bond motifs is 1. The molecule has 3 aromatic rings. The molecular formula is C12H10N4O4S2. The summed E-state index contributed by atoms with van der Waals surface area (Å²) < 4.78 is 23.1. The Hall–Kier alpha value is -2.46. The maximum absolute atomic E-state index is 11.6. The van der Waals surface area contributed by atoms with Gasteiger partial charge in [-0.15, -0.1) is 0 Å². The van der Waals surface area contributed by atoms with Gasteiger partial charge in [-0.3, -0.25) is 15.2 Å². The Kier molecular flexibility index (Phi) is 3.34. The molecule has 22 heavy (non-hydrogen) atoms. The fraction of sp³-hybridized carbons (Fsp3) is 0.0833. The molecule has 1 aromatic carbocycles. The van der Waals surface area contributed by atoms with Gasteiger partial charge < -0.3 is 5.32 Å². The number of nitro groups is 1. The number of hydrogen-bond acceptors (Lipinski definition) is 7. The number of aromatic nitrogens is 2. The molecule has 0 amide bonds. The maximum atomic E-state index is 11.6. The second kappa shape index (κ2) is 5.07. The van der Waals surface area contributed by atoms with E-state index in [1.165, 1.54) is 0 Å². The summed E-state index contributed by atoms with van der Waals surface area (Å²) >= 11 is 0.833. The van der Waals surface area contributed by atoms with Gasteiger partial charge in [0.1, 0.15) is 4.21 Å². The first-order valence-electron chi connectivity index (χ1n) is 6.03. The SMILES string of the molecule is CS(=O)(=O)c1cc([N+](=O)[O-])c(Nc2ccc3[nH]ncc3c2)s1. The lowest BCUT2D eigenvalue weighted by atomic mass is 10.2. The Morgan fingerprint density at radius 2 is 2.14 bits per heavy atom. The first-order valence-corrected chi connectivity index (χ1v) is 8.74. The number of sulfone groups is 1. The molecule has 2 N–H and O–H groups in total. The van der Waals surface area contributed by atoms with Crippen LogP contribution >= 0.6 is 11.3 Å². The van der Waals surface area contributed by atoms with Crippen molar-refractivity contribution in [3.63, 3.8) is 0 Å². The topological polar surface area (TPSA) is 118 Å². The average molecular weight is 338 g/mol. The van der Waals surface area contributed by atoms with E-state index in [-0.39, 0.29) is 14.9 Å². The van der Waals surface area contributed by atoms with Crippen LogP contribution in [0.5, 0.6) is 0 Å². The van der Waals surface area contributed by atoms with Gasteiger partial charge >= 0.3 is 5.69 Å². The minimum atomic E-state index is -3.50. The summed E-state index contributed by atoms with van der Waals surface area (Å²) in [6.07, 6.45) is 2.65. The zero-order valence-electron chi connectivity index (χ0n) is 11.2. The summed E-state index contributed by atoms with van der Waals surface area (Å²) in [6.45, 7) is 0. The van der Waals surface area contributed by atoms with Gasteiger partial charge in [0.15, 0.2) is 14.8 Å². The van der Waals surface area contributed by atoms with Crippen LogP contribution in [0.25, 0.3) is 10.9 Å². The van der Waals surface area contributed by atoms with Crippen molar-refractivity contribution < 1.29 is 13.3 Å². The minimum absolute atomic E-state index is 0.0499. The number of benzene rings is 1. The highest BCUT2D eigenvalue weighted by Crippen LogP contribution is 2.39. The summed E-state index contributed by atoms with van der Waals surface area (Å²) in [7, 11) is -3.50. The average Bonchev–Trinajstić information content (AvgIpc) is 3.03. The quantitative estimate of drug-likeness (QED) is 0.558. The van der Waals surface area contributed by atoms with Gasteiger partial charge in [0.2, 0.25) is 0 Å². The third-order valence-electron chi connectivity index (χ3n) is 2.95. The predicted octanol–water partition coefficient (Wildman–Crippen LogP) is 2.68. The number of aromatic amines is 1. The lowest BCUT2D eigenvalue weighted by Crippen LogP contribution is -1.93. The van der Waals surface area contributed by atoms with E-state index < -0.39 is 14.8 Å². The summed E-state index contributed by atoms with van der Waals surface area (Å²) in [5.41, 5.74) is 1.18. The predicted molar refractivity (Wildman–Crippen MR) is 83.5 cm³/mol. The van der Waals surface area contributed by atoms with Crippen LogP contribution < -0.4 is 5.32 Å². The maximum Gasteiger partial charge on any atom is 0.305 e. The highest BCUT2D eigenvalue weighted by atomic mass is 32.2. The van der Waals surface area contributed by atoms with Crippen LogP contribution in [0.3, 0.4) is 0 Å². The second-order valence-corrected chi connectivity index (χ2v) is 7.90. The van der Waals surface area contributed by atoms with Crippen LogP contribution in [-0.2, 0) is 9.84 Å². The van der Waals surface area contributed by atoms with Gasteiger partial charge in [-0.1, -0.05) is 11.3 Å². The number of nitrogens with one attached hydrogen (secondary N) is 2. The van der Waals surface area contributed by atoms with Crippen LogP contribution in [0.1, 0.15) is 0 Å². The molecule has 0 spiro atoms. The van der Waals surface area contributed by atoms with E-state index in [4.69, 9.17) is 0 Å². The number of thiophene rings is 1. The van der Waals surface area contributed by atoms with Crippen molar-refractivity contribution in [1.29, 1.82) is 0 Å². The van der Waals surface area contributed by atoms with Crippen LogP contribution in [0.15, 0.2) is 34.7 Å². The lowest BCUT2D eigenvalue weighted by molar-refractivity contribution is -0.383. The van der Waals surface area contributed by atoms with E-state index in [0.717, 1.165) is 34.6 Å². The van der Waals surface area contributed by atoms with Gasteiger partial charge in [0.25, 0.3) is 0 Å². The molecule has 0 unspecified atom stereocenters. The Labute approximate surface area is 128 Å². The van der Waals surface area contributed by atoms with Gasteiger partial charge in [0.05, 0.1) is 16.6 Å². The molecule has 0 saturated heterocycles. The zero-order valence-corrected chi connectivity index (χ0v) is 12.9. The fourth-order valence-electron chi connectivity index (χ4n) is 1.92. The van der Waals surface area contributed by atoms with Crippen molar-refractivity contribution in [3.05, 3.63) is 40.6 Å². The largest absolute Gasteiger partial charge is 0.341 e. The normalized spacial score (nSPS) is 11.7. The van der Waals surface area contributed by atoms with Crippen LogP contribution in [-0.4, -0.2) is 29.8 Å². The Morgan fingerprint density at radius 3 is 2.82 bits per heavy atom. The number of H-pyrrole nitrogens is 1. The van der Waals surface area contributed by atoms with Gasteiger partial charge in [-0.05, 0) is 18.2 Å². The van der Waals surface area contributed by atoms with Crippen LogP contribution in [0.2, 0.25) is 0 Å². The number of hydrogen-bond donors (Lipinski definition) is 2. The highest BCUT2D eigenvalue weighted by Gasteiger charge is 2.23. The third kappa shape index (κ3) is 2.65. The summed E-state index contributed by atoms with van der Waals surface area (Å²) in [5, 5.41) is 21.7. The van der Waals surface area contributed by atoms with Crippen molar-refractivity contribution in [2.24, 2.45) is 0 Å². The summed E-state index contributed by atoms with van der Waals surface area (Å²) in [4.78, 5) is 10.5. The number of anilines is 2. The van der Waals surface area contributed by atoms with E-state index in [2.05, 4.69) is 15.5 Å². The third-order valence-corrected chi connectivity index (χ3v) is 5.79. The highest BCUT2D eigenvalue weighted by molar-refractivity contribution is 7.92. The smallest absolute Gasteiger partial charge is 0.305 e. The Bertz CT molecular complexity index is 974. The molecule has 114 valence electrons. The van der Waals surface area contributed by atoms with E-state index in [9.17, 15) is 18.5 Å². The molecule has 0 radical (unpaired) electrons. The molecule has 0 aliphatic carbocycles. The molecule has 2 aromatic heterocycles. The molecule has 0 aliphatic heterocycles. The molecule has 8 nitrogen and oxygen atoms in total. The van der Waals surface area contributed by atoms with E-state index >= 15 is 0 Å². The van der Waals surface area contributed by atoms with Crippen molar-refractivity contribution in [2.75, 3.05) is 11.6 Å². The molecule has 0 fully saturated rings. The molecule has 3 rings (SSSR count). The molecular weight excluding hydrogens is 328 g/mol. The van der Waals surface area contributed by atoms with Crippen LogP contribution in [0.4, 0.5) is 16.4 Å². The number of nitrogens with zero attached hydrogens (tertiary/aromatic N) is 2. The summed E-state index contributed by atoms with van der Waals surface area (Å²) in [5.74, 6) is 0. The standard InChI is InChI=1S/C12H10N4O4S2/c1-22(19,20)11-5-10(16(17)18)12(21-11)14-8-2-3-9-7(4-8)6-13-15-9/h2-6,14H,1H3,(H,13,15). The molecule has 10 heteroatoms. The second-order valence-electron chi connectivity index (χ2n) is 4.61. The number of rotatable bonds is 4. The van der Waals surface area contributed by atoms with Gasteiger partial charge in [0, 0.05) is 23.4 Å². The van der Waals surface area contributed by atoms with Crippen molar-refractivity contribution in [1.82, 2.24) is 10.2 Å². The monoisotopic (exact) mass is 338 g/mol. The Balaban J connectivity index is 2.03. The van der Waals surface area contributed by atoms with Crippen molar-refractivity contribution >= 4 is 48.5 Å². The summed E-state index contributed by atoms with van der Waals surface area (Å²) in [6, 6.07) is 6.34. The first-order chi connectivity index (χ1) is 10.3. The first kappa shape index (κ1) is 14.5. The minimum Gasteiger partial charge on any atom is -0.341 e. The van der Waals surface area contributed by atoms with Crippen LogP contribution in [0, 0.1) is 10.1 Å². The van der Waals surface area contributed by atoms with E-state index in [1.807, 2.05) is 0 Å². The Morgan fingerprint density at radius 1 is 1.36 bits per heavy atom. The lowest BCUT2D eigenvalue weighted by Gasteiger charge is -2.03. The van der Waals surface area contributed by atoms with E-state index in [1.54, 1.807) is 24.4 Å². The van der Waals surface area contributed by atoms with E-state index in [0.29, 0.717) is 5.69 Å². The van der Waals surface area contributed by atoms with Crippen molar-refractivity contribution in [3.8, 4) is 0 Å². The van der Waals surface area contributed by atoms with Crippen molar-refractivity contribution in [2.45, 2.75) is 4.21 Å². The molecule has 2 heterocycles. The molecule has 0 atom stereocenters. The zero-order chi connectivity index (χ0) is 15.9. The van der Waals surface area contributed by atoms with Gasteiger partial charge in [-0.2, -0.15) is 5.10 Å². The fourth-order valence-corrected chi connectivity index (χ4v) is 3.88. The molecule has 0 aliphatic rings. The molecule has 0 saturated carbocycles. The molecule has 0 bridgehead atoms.